The number of aliphatic hydroxyl groups is 1. The van der Waals surface area contributed by atoms with Crippen LogP contribution in [-0.2, 0) is 10.5 Å². The number of benzene rings is 1. The topological polar surface area (TPSA) is 49.3 Å². The maximum absolute atomic E-state index is 11.8. The monoisotopic (exact) mass is 307 g/mol. The molecule has 1 aromatic carbocycles. The first kappa shape index (κ1) is 16.4. The lowest BCUT2D eigenvalue weighted by Crippen LogP contribution is -2.33. The molecule has 0 radical (unpaired) electrons. The third kappa shape index (κ3) is 6.10. The fourth-order valence-corrected chi connectivity index (χ4v) is 3.52. The lowest BCUT2D eigenvalue weighted by Gasteiger charge is -2.25. The van der Waals surface area contributed by atoms with Gasteiger partial charge < -0.3 is 10.4 Å². The van der Waals surface area contributed by atoms with Gasteiger partial charge in [0.05, 0.1) is 11.9 Å². The van der Waals surface area contributed by atoms with E-state index in [-0.39, 0.29) is 12.0 Å². The molecular weight excluding hydrogens is 282 g/mol. The molecule has 0 bridgehead atoms. The first-order valence-electron chi connectivity index (χ1n) is 7.71. The summed E-state index contributed by atoms with van der Waals surface area (Å²) in [6, 6.07) is 8.43. The van der Waals surface area contributed by atoms with Gasteiger partial charge >= 0.3 is 0 Å². The van der Waals surface area contributed by atoms with Crippen molar-refractivity contribution in [2.75, 3.05) is 12.3 Å². The lowest BCUT2D eigenvalue weighted by atomic mass is 9.87. The average molecular weight is 307 g/mol. The third-order valence-corrected chi connectivity index (χ3v) is 4.97. The van der Waals surface area contributed by atoms with Gasteiger partial charge in [0, 0.05) is 12.3 Å². The molecule has 0 aromatic heterocycles. The van der Waals surface area contributed by atoms with Gasteiger partial charge in [0.2, 0.25) is 5.91 Å². The lowest BCUT2D eigenvalue weighted by molar-refractivity contribution is -0.118. The summed E-state index contributed by atoms with van der Waals surface area (Å²) in [7, 11) is 0. The highest BCUT2D eigenvalue weighted by molar-refractivity contribution is 7.99. The van der Waals surface area contributed by atoms with E-state index in [0.717, 1.165) is 31.4 Å². The van der Waals surface area contributed by atoms with Crippen molar-refractivity contribution in [3.05, 3.63) is 35.4 Å². The van der Waals surface area contributed by atoms with Crippen LogP contribution in [0.2, 0.25) is 0 Å². The van der Waals surface area contributed by atoms with E-state index in [9.17, 15) is 9.90 Å². The van der Waals surface area contributed by atoms with Gasteiger partial charge in [0.1, 0.15) is 0 Å². The number of hydrogen-bond acceptors (Lipinski definition) is 3. The van der Waals surface area contributed by atoms with E-state index in [2.05, 4.69) is 36.5 Å². The van der Waals surface area contributed by atoms with Crippen LogP contribution in [0.15, 0.2) is 24.3 Å². The van der Waals surface area contributed by atoms with Crippen molar-refractivity contribution < 1.29 is 9.90 Å². The summed E-state index contributed by atoms with van der Waals surface area (Å²) < 4.78 is 0. The van der Waals surface area contributed by atoms with Crippen LogP contribution in [0.4, 0.5) is 0 Å². The van der Waals surface area contributed by atoms with Gasteiger partial charge in [-0.3, -0.25) is 4.79 Å². The van der Waals surface area contributed by atoms with Crippen molar-refractivity contribution in [3.63, 3.8) is 0 Å². The van der Waals surface area contributed by atoms with Crippen LogP contribution in [0.3, 0.4) is 0 Å². The molecule has 2 rings (SSSR count). The van der Waals surface area contributed by atoms with E-state index in [0.29, 0.717) is 18.2 Å². The first-order chi connectivity index (χ1) is 10.1. The molecule has 0 aliphatic heterocycles. The van der Waals surface area contributed by atoms with Crippen LogP contribution in [0.1, 0.15) is 36.8 Å². The number of nitrogens with one attached hydrogen (secondary N) is 1. The fourth-order valence-electron chi connectivity index (χ4n) is 2.70. The van der Waals surface area contributed by atoms with Gasteiger partial charge in [-0.15, -0.1) is 11.8 Å². The SMILES string of the molecule is Cc1ccc(CSCC(=O)NCC2CCCC(O)C2)cc1. The average Bonchev–Trinajstić information content (AvgIpc) is 2.47. The van der Waals surface area contributed by atoms with Crippen LogP contribution in [0.25, 0.3) is 0 Å². The van der Waals surface area contributed by atoms with E-state index in [4.69, 9.17) is 0 Å². The standard InChI is InChI=1S/C17H25NO2S/c1-13-5-7-14(8-6-13)11-21-12-17(20)18-10-15-3-2-4-16(19)9-15/h5-8,15-16,19H,2-4,9-12H2,1H3,(H,18,20). The molecular formula is C17H25NO2S. The Hall–Kier alpha value is -1.00. The molecule has 2 atom stereocenters. The normalized spacial score (nSPS) is 22.0. The van der Waals surface area contributed by atoms with Crippen LogP contribution in [0.5, 0.6) is 0 Å². The molecule has 116 valence electrons. The molecule has 4 heteroatoms. The van der Waals surface area contributed by atoms with Crippen LogP contribution in [0, 0.1) is 12.8 Å². The van der Waals surface area contributed by atoms with Crippen molar-refractivity contribution in [1.29, 1.82) is 0 Å². The number of carbonyl (C=O) groups excluding carboxylic acids is 1. The van der Waals surface area contributed by atoms with Crippen molar-refractivity contribution >= 4 is 17.7 Å². The summed E-state index contributed by atoms with van der Waals surface area (Å²) in [6.07, 6.45) is 3.77. The fraction of sp³-hybridized carbons (Fsp3) is 0.588. The number of thioether (sulfide) groups is 1. The summed E-state index contributed by atoms with van der Waals surface area (Å²) in [4.78, 5) is 11.8. The van der Waals surface area contributed by atoms with Gasteiger partial charge in [-0.25, -0.2) is 0 Å². The Morgan fingerprint density at radius 2 is 2.10 bits per heavy atom. The number of aryl methyl sites for hydroxylation is 1. The largest absolute Gasteiger partial charge is 0.393 e. The van der Waals surface area contributed by atoms with Crippen LogP contribution in [-0.4, -0.2) is 29.4 Å². The van der Waals surface area contributed by atoms with E-state index in [1.54, 1.807) is 11.8 Å². The smallest absolute Gasteiger partial charge is 0.230 e. The highest BCUT2D eigenvalue weighted by Gasteiger charge is 2.20. The Bertz CT molecular complexity index is 447. The number of amides is 1. The third-order valence-electron chi connectivity index (χ3n) is 3.97. The summed E-state index contributed by atoms with van der Waals surface area (Å²) in [5.41, 5.74) is 2.52. The Labute approximate surface area is 131 Å². The Morgan fingerprint density at radius 1 is 1.33 bits per heavy atom. The second-order valence-electron chi connectivity index (χ2n) is 5.97. The van der Waals surface area contributed by atoms with Gasteiger partial charge in [-0.2, -0.15) is 0 Å². The highest BCUT2D eigenvalue weighted by Crippen LogP contribution is 2.23. The summed E-state index contributed by atoms with van der Waals surface area (Å²) >= 11 is 1.65. The molecule has 1 aliphatic carbocycles. The number of rotatable bonds is 6. The van der Waals surface area contributed by atoms with Gasteiger partial charge in [0.25, 0.3) is 0 Å². The maximum atomic E-state index is 11.8. The predicted molar refractivity (Wildman–Crippen MR) is 88.3 cm³/mol. The minimum absolute atomic E-state index is 0.104. The molecule has 0 heterocycles. The molecule has 3 nitrogen and oxygen atoms in total. The zero-order valence-corrected chi connectivity index (χ0v) is 13.5. The first-order valence-corrected chi connectivity index (χ1v) is 8.87. The minimum Gasteiger partial charge on any atom is -0.393 e. The Morgan fingerprint density at radius 3 is 2.81 bits per heavy atom. The minimum atomic E-state index is -0.170. The van der Waals surface area contributed by atoms with E-state index >= 15 is 0 Å². The number of aliphatic hydroxyl groups excluding tert-OH is 1. The van der Waals surface area contributed by atoms with Crippen molar-refractivity contribution in [2.24, 2.45) is 5.92 Å². The quantitative estimate of drug-likeness (QED) is 0.849. The Kier molecular flexibility index (Phi) is 6.58. The molecule has 0 saturated heterocycles. The van der Waals surface area contributed by atoms with Gasteiger partial charge in [-0.05, 0) is 37.7 Å². The second-order valence-corrected chi connectivity index (χ2v) is 6.95. The molecule has 1 fully saturated rings. The van der Waals surface area contributed by atoms with E-state index < -0.39 is 0 Å². The second kappa shape index (κ2) is 8.44. The highest BCUT2D eigenvalue weighted by atomic mass is 32.2. The molecule has 2 unspecified atom stereocenters. The van der Waals surface area contributed by atoms with Crippen molar-refractivity contribution in [2.45, 2.75) is 44.5 Å². The summed E-state index contributed by atoms with van der Waals surface area (Å²) in [6.45, 7) is 2.79. The van der Waals surface area contributed by atoms with Crippen LogP contribution < -0.4 is 5.32 Å². The molecule has 1 aromatic rings. The van der Waals surface area contributed by atoms with Gasteiger partial charge in [-0.1, -0.05) is 36.2 Å². The maximum Gasteiger partial charge on any atom is 0.230 e. The molecule has 21 heavy (non-hydrogen) atoms. The molecule has 1 saturated carbocycles. The zero-order chi connectivity index (χ0) is 15.1. The molecule has 0 spiro atoms. The van der Waals surface area contributed by atoms with Crippen molar-refractivity contribution in [3.8, 4) is 0 Å². The summed E-state index contributed by atoms with van der Waals surface area (Å²) in [5.74, 6) is 1.92. The molecule has 1 aliphatic rings. The van der Waals surface area contributed by atoms with Crippen molar-refractivity contribution in [1.82, 2.24) is 5.32 Å². The molecule has 1 amide bonds. The number of carbonyl (C=O) groups is 1. The van der Waals surface area contributed by atoms with Crippen LogP contribution >= 0.6 is 11.8 Å². The molecule has 2 N–H and O–H groups in total. The van der Waals surface area contributed by atoms with Gasteiger partial charge in [0.15, 0.2) is 0 Å². The predicted octanol–water partition coefficient (Wildman–Crippen LogP) is 2.90. The number of hydrogen-bond donors (Lipinski definition) is 2. The Balaban J connectivity index is 1.60. The zero-order valence-electron chi connectivity index (χ0n) is 12.7. The van der Waals surface area contributed by atoms with E-state index in [1.165, 1.54) is 11.1 Å². The summed E-state index contributed by atoms with van der Waals surface area (Å²) in [5, 5.41) is 12.6. The van der Waals surface area contributed by atoms with E-state index in [1.807, 2.05) is 0 Å².